The zero-order valence-corrected chi connectivity index (χ0v) is 7.13. The summed E-state index contributed by atoms with van der Waals surface area (Å²) in [5.41, 5.74) is 4.17. The second-order valence-electron chi connectivity index (χ2n) is 3.16. The van der Waals surface area contributed by atoms with Gasteiger partial charge in [-0.3, -0.25) is 9.59 Å². The van der Waals surface area contributed by atoms with Crippen molar-refractivity contribution in [2.24, 2.45) is 5.73 Å². The summed E-state index contributed by atoms with van der Waals surface area (Å²) in [6, 6.07) is 0. The van der Waals surface area contributed by atoms with E-state index in [4.69, 9.17) is 10.5 Å². The standard InChI is InChI=1S/C8H13NO3/c1-6(10)12-8(7(9)11)4-2-3-5-8/h2-5H2,1H3,(H2,9,11). The lowest BCUT2D eigenvalue weighted by atomic mass is 10.0. The molecule has 0 atom stereocenters. The fourth-order valence-electron chi connectivity index (χ4n) is 1.62. The van der Waals surface area contributed by atoms with E-state index in [1.165, 1.54) is 6.92 Å². The molecule has 0 saturated heterocycles. The minimum Gasteiger partial charge on any atom is -0.449 e. The first kappa shape index (κ1) is 9.03. The molecule has 4 nitrogen and oxygen atoms in total. The van der Waals surface area contributed by atoms with E-state index in [0.29, 0.717) is 12.8 Å². The van der Waals surface area contributed by atoms with Crippen molar-refractivity contribution in [1.82, 2.24) is 0 Å². The van der Waals surface area contributed by atoms with Crippen molar-refractivity contribution in [1.29, 1.82) is 0 Å². The molecule has 0 aromatic heterocycles. The van der Waals surface area contributed by atoms with Gasteiger partial charge in [-0.15, -0.1) is 0 Å². The van der Waals surface area contributed by atoms with Gasteiger partial charge < -0.3 is 10.5 Å². The molecule has 0 radical (unpaired) electrons. The molecule has 0 spiro atoms. The fourth-order valence-corrected chi connectivity index (χ4v) is 1.62. The van der Waals surface area contributed by atoms with Gasteiger partial charge in [0.05, 0.1) is 0 Å². The molecule has 0 unspecified atom stereocenters. The van der Waals surface area contributed by atoms with Crippen molar-refractivity contribution in [2.75, 3.05) is 0 Å². The van der Waals surface area contributed by atoms with E-state index in [2.05, 4.69) is 0 Å². The molecule has 2 N–H and O–H groups in total. The van der Waals surface area contributed by atoms with Crippen LogP contribution in [0.1, 0.15) is 32.6 Å². The van der Waals surface area contributed by atoms with Gasteiger partial charge in [0.15, 0.2) is 5.60 Å². The van der Waals surface area contributed by atoms with E-state index in [9.17, 15) is 9.59 Å². The Morgan fingerprint density at radius 1 is 1.33 bits per heavy atom. The number of carbonyl (C=O) groups excluding carboxylic acids is 2. The minimum absolute atomic E-state index is 0.435. The van der Waals surface area contributed by atoms with Crippen molar-refractivity contribution in [2.45, 2.75) is 38.2 Å². The predicted octanol–water partition coefficient (Wildman–Crippen LogP) is 0.348. The van der Waals surface area contributed by atoms with Crippen LogP contribution in [0, 0.1) is 0 Å². The average Bonchev–Trinajstić information content (AvgIpc) is 2.35. The number of hydrogen-bond donors (Lipinski definition) is 1. The van der Waals surface area contributed by atoms with Crippen molar-refractivity contribution >= 4 is 11.9 Å². The maximum Gasteiger partial charge on any atom is 0.303 e. The molecular formula is C8H13NO3. The van der Waals surface area contributed by atoms with Gasteiger partial charge in [-0.05, 0) is 25.7 Å². The highest BCUT2D eigenvalue weighted by Gasteiger charge is 2.42. The number of primary amides is 1. The minimum atomic E-state index is -0.994. The molecule has 0 aliphatic heterocycles. The van der Waals surface area contributed by atoms with Gasteiger partial charge in [-0.2, -0.15) is 0 Å². The zero-order chi connectivity index (χ0) is 9.19. The smallest absolute Gasteiger partial charge is 0.303 e. The van der Waals surface area contributed by atoms with Crippen LogP contribution in [0.5, 0.6) is 0 Å². The van der Waals surface area contributed by atoms with Crippen molar-refractivity contribution < 1.29 is 14.3 Å². The number of esters is 1. The molecule has 1 aliphatic carbocycles. The van der Waals surface area contributed by atoms with E-state index in [0.717, 1.165) is 12.8 Å². The first-order chi connectivity index (χ1) is 5.57. The van der Waals surface area contributed by atoms with Gasteiger partial charge in [0.2, 0.25) is 0 Å². The monoisotopic (exact) mass is 171 g/mol. The number of rotatable bonds is 2. The third kappa shape index (κ3) is 1.57. The average molecular weight is 171 g/mol. The Kier molecular flexibility index (Phi) is 2.35. The van der Waals surface area contributed by atoms with E-state index in [-0.39, 0.29) is 0 Å². The van der Waals surface area contributed by atoms with E-state index in [1.54, 1.807) is 0 Å². The highest BCUT2D eigenvalue weighted by Crippen LogP contribution is 2.32. The molecular weight excluding hydrogens is 158 g/mol. The molecule has 0 heterocycles. The first-order valence-corrected chi connectivity index (χ1v) is 4.06. The SMILES string of the molecule is CC(=O)OC1(C(N)=O)CCCC1. The topological polar surface area (TPSA) is 69.4 Å². The lowest BCUT2D eigenvalue weighted by Crippen LogP contribution is -2.44. The summed E-state index contributed by atoms with van der Waals surface area (Å²) < 4.78 is 4.95. The maximum absolute atomic E-state index is 11.0. The molecule has 0 aromatic carbocycles. The van der Waals surface area contributed by atoms with E-state index in [1.807, 2.05) is 0 Å². The molecule has 1 saturated carbocycles. The van der Waals surface area contributed by atoms with Crippen LogP contribution in [-0.2, 0) is 14.3 Å². The third-order valence-corrected chi connectivity index (χ3v) is 2.20. The van der Waals surface area contributed by atoms with E-state index < -0.39 is 17.5 Å². The van der Waals surface area contributed by atoms with Gasteiger partial charge in [0.1, 0.15) is 0 Å². The number of nitrogens with two attached hydrogens (primary N) is 1. The Labute approximate surface area is 71.1 Å². The van der Waals surface area contributed by atoms with Crippen molar-refractivity contribution in [3.05, 3.63) is 0 Å². The van der Waals surface area contributed by atoms with Gasteiger partial charge >= 0.3 is 5.97 Å². The predicted molar refractivity (Wildman–Crippen MR) is 42.2 cm³/mol. The summed E-state index contributed by atoms with van der Waals surface area (Å²) >= 11 is 0. The van der Waals surface area contributed by atoms with Crippen LogP contribution < -0.4 is 5.73 Å². The lowest BCUT2D eigenvalue weighted by molar-refractivity contribution is -0.164. The van der Waals surface area contributed by atoms with Gasteiger partial charge in [0.25, 0.3) is 5.91 Å². The normalized spacial score (nSPS) is 20.4. The summed E-state index contributed by atoms with van der Waals surface area (Å²) in [5, 5.41) is 0. The van der Waals surface area contributed by atoms with Crippen LogP contribution in [0.25, 0.3) is 0 Å². The van der Waals surface area contributed by atoms with E-state index >= 15 is 0 Å². The molecule has 1 rings (SSSR count). The van der Waals surface area contributed by atoms with Gasteiger partial charge in [0, 0.05) is 6.92 Å². The van der Waals surface area contributed by atoms with Crippen LogP contribution in [0.4, 0.5) is 0 Å². The van der Waals surface area contributed by atoms with Crippen LogP contribution in [0.15, 0.2) is 0 Å². The zero-order valence-electron chi connectivity index (χ0n) is 7.13. The Balaban J connectivity index is 2.72. The summed E-state index contributed by atoms with van der Waals surface area (Å²) in [4.78, 5) is 21.7. The Bertz CT molecular complexity index is 206. The van der Waals surface area contributed by atoms with Crippen molar-refractivity contribution in [3.63, 3.8) is 0 Å². The molecule has 68 valence electrons. The molecule has 0 aromatic rings. The number of ether oxygens (including phenoxy) is 1. The molecule has 4 heteroatoms. The molecule has 1 aliphatic rings. The van der Waals surface area contributed by atoms with Crippen LogP contribution in [0.2, 0.25) is 0 Å². The fraction of sp³-hybridized carbons (Fsp3) is 0.750. The number of carbonyl (C=O) groups is 2. The quantitative estimate of drug-likeness (QED) is 0.609. The van der Waals surface area contributed by atoms with Gasteiger partial charge in [-0.25, -0.2) is 0 Å². The van der Waals surface area contributed by atoms with Gasteiger partial charge in [-0.1, -0.05) is 0 Å². The summed E-state index contributed by atoms with van der Waals surface area (Å²) in [6.07, 6.45) is 2.94. The highest BCUT2D eigenvalue weighted by molar-refractivity contribution is 5.86. The molecule has 0 bridgehead atoms. The van der Waals surface area contributed by atoms with Crippen LogP contribution in [-0.4, -0.2) is 17.5 Å². The van der Waals surface area contributed by atoms with Crippen LogP contribution >= 0.6 is 0 Å². The Hall–Kier alpha value is -1.06. The maximum atomic E-state index is 11.0. The Morgan fingerprint density at radius 2 is 1.83 bits per heavy atom. The molecule has 12 heavy (non-hydrogen) atoms. The Morgan fingerprint density at radius 3 is 2.17 bits per heavy atom. The second kappa shape index (κ2) is 3.13. The first-order valence-electron chi connectivity index (χ1n) is 4.06. The largest absolute Gasteiger partial charge is 0.449 e. The molecule has 1 fully saturated rings. The van der Waals surface area contributed by atoms with Crippen LogP contribution in [0.3, 0.4) is 0 Å². The summed E-state index contributed by atoms with van der Waals surface area (Å²) in [7, 11) is 0. The molecule has 1 amide bonds. The summed E-state index contributed by atoms with van der Waals surface area (Å²) in [5.74, 6) is -0.953. The summed E-state index contributed by atoms with van der Waals surface area (Å²) in [6.45, 7) is 1.29. The highest BCUT2D eigenvalue weighted by atomic mass is 16.6. The second-order valence-corrected chi connectivity index (χ2v) is 3.16. The third-order valence-electron chi connectivity index (χ3n) is 2.20. The lowest BCUT2D eigenvalue weighted by Gasteiger charge is -2.24. The number of amides is 1. The number of hydrogen-bond acceptors (Lipinski definition) is 3. The van der Waals surface area contributed by atoms with Crippen molar-refractivity contribution in [3.8, 4) is 0 Å².